The van der Waals surface area contributed by atoms with E-state index >= 15 is 0 Å². The summed E-state index contributed by atoms with van der Waals surface area (Å²) >= 11 is 0. The van der Waals surface area contributed by atoms with Crippen molar-refractivity contribution in [3.63, 3.8) is 0 Å². The minimum Gasteiger partial charge on any atom is -0.327 e. The molecule has 2 rings (SSSR count). The van der Waals surface area contributed by atoms with Crippen molar-refractivity contribution in [1.29, 1.82) is 0 Å². The van der Waals surface area contributed by atoms with Gasteiger partial charge in [0.2, 0.25) is 0 Å². The quantitative estimate of drug-likeness (QED) is 0.759. The van der Waals surface area contributed by atoms with Gasteiger partial charge in [-0.2, -0.15) is 0 Å². The maximum Gasteiger partial charge on any atom is 0.129 e. The molecule has 2 N–H and O–H groups in total. The van der Waals surface area contributed by atoms with Gasteiger partial charge in [0.25, 0.3) is 0 Å². The molecule has 2 unspecified atom stereocenters. The van der Waals surface area contributed by atoms with Crippen LogP contribution in [0.1, 0.15) is 30.9 Å². The van der Waals surface area contributed by atoms with Crippen LogP contribution in [0.4, 0.5) is 8.78 Å². The number of aryl methyl sites for hydroxylation is 1. The predicted octanol–water partition coefficient (Wildman–Crippen LogP) is 2.72. The first-order valence-electron chi connectivity index (χ1n) is 5.07. The third-order valence-corrected chi connectivity index (χ3v) is 3.45. The summed E-state index contributed by atoms with van der Waals surface area (Å²) in [5.41, 5.74) is 6.37. The number of hydrogen-bond acceptors (Lipinski definition) is 1. The Labute approximate surface area is 88.3 Å². The molecule has 2 atom stereocenters. The molecule has 15 heavy (non-hydrogen) atoms. The molecule has 0 aliphatic heterocycles. The molecule has 1 aliphatic rings. The van der Waals surface area contributed by atoms with Crippen molar-refractivity contribution >= 4 is 0 Å². The average Bonchev–Trinajstić information content (AvgIpc) is 2.53. The monoisotopic (exact) mass is 211 g/mol. The molecule has 1 aromatic carbocycles. The number of benzene rings is 1. The Balaban J connectivity index is 2.47. The van der Waals surface area contributed by atoms with E-state index in [1.807, 2.05) is 13.8 Å². The van der Waals surface area contributed by atoms with E-state index in [1.54, 1.807) is 6.92 Å². The first kappa shape index (κ1) is 10.6. The molecule has 1 aliphatic carbocycles. The Morgan fingerprint density at radius 1 is 1.20 bits per heavy atom. The molecule has 0 radical (unpaired) electrons. The largest absolute Gasteiger partial charge is 0.327 e. The van der Waals surface area contributed by atoms with Crippen LogP contribution in [0.25, 0.3) is 0 Å². The molecular weight excluding hydrogens is 196 g/mol. The molecule has 3 heteroatoms. The van der Waals surface area contributed by atoms with Gasteiger partial charge in [-0.05, 0) is 30.0 Å². The van der Waals surface area contributed by atoms with Gasteiger partial charge in [0, 0.05) is 17.5 Å². The fraction of sp³-hybridized carbons (Fsp3) is 0.500. The molecule has 0 amide bonds. The summed E-state index contributed by atoms with van der Waals surface area (Å²) < 4.78 is 27.2. The van der Waals surface area contributed by atoms with E-state index in [0.29, 0.717) is 5.56 Å². The van der Waals surface area contributed by atoms with Crippen LogP contribution in [0.2, 0.25) is 0 Å². The minimum atomic E-state index is -0.474. The third-order valence-electron chi connectivity index (χ3n) is 3.45. The highest BCUT2D eigenvalue weighted by Crippen LogP contribution is 2.58. The molecule has 0 bridgehead atoms. The van der Waals surface area contributed by atoms with Crippen LogP contribution in [-0.4, -0.2) is 6.04 Å². The van der Waals surface area contributed by atoms with Gasteiger partial charge in [0.15, 0.2) is 0 Å². The predicted molar refractivity (Wildman–Crippen MR) is 55.6 cm³/mol. The van der Waals surface area contributed by atoms with Gasteiger partial charge in [-0.15, -0.1) is 0 Å². The van der Waals surface area contributed by atoms with Crippen LogP contribution >= 0.6 is 0 Å². The Morgan fingerprint density at radius 3 is 1.93 bits per heavy atom. The van der Waals surface area contributed by atoms with Crippen molar-refractivity contribution in [1.82, 2.24) is 0 Å². The minimum absolute atomic E-state index is 0.149. The topological polar surface area (TPSA) is 26.0 Å². The Kier molecular flexibility index (Phi) is 2.12. The lowest BCUT2D eigenvalue weighted by atomic mass is 10.0. The lowest BCUT2D eigenvalue weighted by molar-refractivity contribution is 0.529. The maximum atomic E-state index is 13.6. The normalized spacial score (nSPS) is 27.9. The van der Waals surface area contributed by atoms with E-state index in [-0.39, 0.29) is 22.9 Å². The summed E-state index contributed by atoms with van der Waals surface area (Å²) in [4.78, 5) is 0. The molecule has 1 saturated carbocycles. The highest BCUT2D eigenvalue weighted by atomic mass is 19.1. The van der Waals surface area contributed by atoms with Gasteiger partial charge in [0.1, 0.15) is 11.6 Å². The fourth-order valence-corrected chi connectivity index (χ4v) is 2.24. The van der Waals surface area contributed by atoms with Crippen LogP contribution in [0.3, 0.4) is 0 Å². The SMILES string of the molecule is Cc1cc(F)c(C2C(N)C2(C)C)c(F)c1. The van der Waals surface area contributed by atoms with Crippen molar-refractivity contribution in [2.24, 2.45) is 11.1 Å². The van der Waals surface area contributed by atoms with Crippen LogP contribution in [-0.2, 0) is 0 Å². The van der Waals surface area contributed by atoms with Crippen LogP contribution < -0.4 is 5.73 Å². The summed E-state index contributed by atoms with van der Waals surface area (Å²) in [5, 5.41) is 0. The molecule has 1 aromatic rings. The maximum absolute atomic E-state index is 13.6. The van der Waals surface area contributed by atoms with E-state index in [1.165, 1.54) is 12.1 Å². The molecule has 0 spiro atoms. The second kappa shape index (κ2) is 3.01. The highest BCUT2D eigenvalue weighted by Gasteiger charge is 2.58. The number of halogens is 2. The third kappa shape index (κ3) is 1.46. The molecule has 1 fully saturated rings. The second-order valence-electron chi connectivity index (χ2n) is 4.97. The molecule has 1 nitrogen and oxygen atoms in total. The number of rotatable bonds is 1. The van der Waals surface area contributed by atoms with Gasteiger partial charge in [-0.1, -0.05) is 13.8 Å². The Morgan fingerprint density at radius 2 is 1.60 bits per heavy atom. The zero-order valence-corrected chi connectivity index (χ0v) is 9.14. The van der Waals surface area contributed by atoms with Crippen molar-refractivity contribution in [3.05, 3.63) is 34.9 Å². The van der Waals surface area contributed by atoms with E-state index in [4.69, 9.17) is 5.73 Å². The first-order valence-corrected chi connectivity index (χ1v) is 5.07. The average molecular weight is 211 g/mol. The Hall–Kier alpha value is -0.960. The number of hydrogen-bond donors (Lipinski definition) is 1. The van der Waals surface area contributed by atoms with Gasteiger partial charge >= 0.3 is 0 Å². The van der Waals surface area contributed by atoms with Gasteiger partial charge < -0.3 is 5.73 Å². The summed E-state index contributed by atoms with van der Waals surface area (Å²) in [6.07, 6.45) is 0. The lowest BCUT2D eigenvalue weighted by Gasteiger charge is -2.07. The summed E-state index contributed by atoms with van der Waals surface area (Å²) in [7, 11) is 0. The summed E-state index contributed by atoms with van der Waals surface area (Å²) in [6, 6.07) is 2.57. The van der Waals surface area contributed by atoms with E-state index in [2.05, 4.69) is 0 Å². The van der Waals surface area contributed by atoms with Crippen molar-refractivity contribution in [2.45, 2.75) is 32.7 Å². The molecule has 0 aromatic heterocycles. The highest BCUT2D eigenvalue weighted by molar-refractivity contribution is 5.37. The van der Waals surface area contributed by atoms with Gasteiger partial charge in [-0.25, -0.2) is 8.78 Å². The lowest BCUT2D eigenvalue weighted by Crippen LogP contribution is -2.07. The van der Waals surface area contributed by atoms with E-state index in [0.717, 1.165) is 0 Å². The second-order valence-corrected chi connectivity index (χ2v) is 4.97. The standard InChI is InChI=1S/C12H15F2N/c1-6-4-7(13)9(8(14)5-6)10-11(15)12(10,2)3/h4-5,10-11H,15H2,1-3H3. The van der Waals surface area contributed by atoms with E-state index < -0.39 is 11.6 Å². The zero-order chi connectivity index (χ0) is 11.4. The fourth-order valence-electron chi connectivity index (χ4n) is 2.24. The van der Waals surface area contributed by atoms with Crippen molar-refractivity contribution in [3.8, 4) is 0 Å². The van der Waals surface area contributed by atoms with Crippen LogP contribution in [0.15, 0.2) is 12.1 Å². The van der Waals surface area contributed by atoms with Crippen LogP contribution in [0.5, 0.6) is 0 Å². The molecule has 82 valence electrons. The van der Waals surface area contributed by atoms with Gasteiger partial charge in [-0.3, -0.25) is 0 Å². The zero-order valence-electron chi connectivity index (χ0n) is 9.14. The van der Waals surface area contributed by atoms with Gasteiger partial charge in [0.05, 0.1) is 0 Å². The van der Waals surface area contributed by atoms with Crippen LogP contribution in [0, 0.1) is 24.0 Å². The summed E-state index contributed by atoms with van der Waals surface area (Å²) in [6.45, 7) is 5.54. The first-order chi connectivity index (χ1) is 6.85. The van der Waals surface area contributed by atoms with E-state index in [9.17, 15) is 8.78 Å². The number of nitrogens with two attached hydrogens (primary N) is 1. The summed E-state index contributed by atoms with van der Waals surface area (Å²) in [5.74, 6) is -1.14. The molecular formula is C12H15F2N. The molecule has 0 saturated heterocycles. The van der Waals surface area contributed by atoms with Crippen molar-refractivity contribution in [2.75, 3.05) is 0 Å². The smallest absolute Gasteiger partial charge is 0.129 e. The van der Waals surface area contributed by atoms with Crippen molar-refractivity contribution < 1.29 is 8.78 Å². The Bertz CT molecular complexity index is 389. The molecule has 0 heterocycles.